The maximum Gasteiger partial charge on any atom is 0.408 e. The van der Waals surface area contributed by atoms with Crippen molar-refractivity contribution in [2.75, 3.05) is 6.54 Å². The summed E-state index contributed by atoms with van der Waals surface area (Å²) in [5, 5.41) is 9.86. The second-order valence-electron chi connectivity index (χ2n) is 5.12. The van der Waals surface area contributed by atoms with Gasteiger partial charge in [0.05, 0.1) is 6.54 Å². The maximum absolute atomic E-state index is 11.3. The number of alkyl carbamates (subject to hydrolysis) is 1. The van der Waals surface area contributed by atoms with E-state index in [0.717, 1.165) is 0 Å². The Bertz CT molecular complexity index is 500. The molecular formula is C16H23N3O2. The van der Waals surface area contributed by atoms with E-state index in [1.165, 1.54) is 6.21 Å². The Labute approximate surface area is 126 Å². The summed E-state index contributed by atoms with van der Waals surface area (Å²) in [6.07, 6.45) is 4.98. The number of carbonyl (C=O) groups is 1. The van der Waals surface area contributed by atoms with Crippen LogP contribution in [-0.2, 0) is 4.74 Å². The van der Waals surface area contributed by atoms with E-state index in [2.05, 4.69) is 28.7 Å². The fourth-order valence-corrected chi connectivity index (χ4v) is 1.01. The van der Waals surface area contributed by atoms with E-state index >= 15 is 0 Å². The molecule has 0 spiro atoms. The number of nitrogens with zero attached hydrogens (tertiary/aromatic N) is 1. The molecule has 114 valence electrons. The molecule has 0 saturated carbocycles. The second-order valence-corrected chi connectivity index (χ2v) is 5.12. The smallest absolute Gasteiger partial charge is 0.408 e. The molecule has 0 aromatic carbocycles. The molecule has 0 fully saturated rings. The van der Waals surface area contributed by atoms with Gasteiger partial charge in [-0.05, 0) is 32.9 Å². The molecule has 0 aliphatic carbocycles. The number of ether oxygens (including phenoxy) is 1. The first kappa shape index (κ1) is 18.7. The van der Waals surface area contributed by atoms with Gasteiger partial charge in [0.25, 0.3) is 0 Å². The number of aliphatic imine (C=N–C) groups is 1. The maximum atomic E-state index is 11.3. The van der Waals surface area contributed by atoms with Crippen molar-refractivity contribution in [2.24, 2.45) is 4.99 Å². The van der Waals surface area contributed by atoms with Crippen molar-refractivity contribution in [3.8, 4) is 11.8 Å². The molecule has 0 rings (SSSR count). The van der Waals surface area contributed by atoms with Crippen molar-refractivity contribution in [3.05, 3.63) is 24.3 Å². The molecule has 0 bridgehead atoms. The number of amides is 1. The Hall–Kier alpha value is -2.35. The highest BCUT2D eigenvalue weighted by atomic mass is 16.6. The van der Waals surface area contributed by atoms with Crippen LogP contribution in [0, 0.1) is 17.3 Å². The molecular weight excluding hydrogens is 266 g/mol. The van der Waals surface area contributed by atoms with Crippen molar-refractivity contribution in [1.29, 1.82) is 5.41 Å². The lowest BCUT2D eigenvalue weighted by Gasteiger charge is -2.18. The van der Waals surface area contributed by atoms with Gasteiger partial charge in [-0.2, -0.15) is 0 Å². The summed E-state index contributed by atoms with van der Waals surface area (Å²) in [5.74, 6) is 5.87. The van der Waals surface area contributed by atoms with Crippen LogP contribution in [0.25, 0.3) is 0 Å². The number of hydrogen-bond acceptors (Lipinski definition) is 3. The average molecular weight is 289 g/mol. The normalized spacial score (nSPS) is 11.0. The first-order valence-corrected chi connectivity index (χ1v) is 6.67. The van der Waals surface area contributed by atoms with Crippen LogP contribution >= 0.6 is 0 Å². The molecule has 0 heterocycles. The summed E-state index contributed by atoms with van der Waals surface area (Å²) in [7, 11) is 0. The zero-order chi connectivity index (χ0) is 16.3. The Morgan fingerprint density at radius 1 is 1.48 bits per heavy atom. The molecule has 0 aliphatic heterocycles. The van der Waals surface area contributed by atoms with Gasteiger partial charge >= 0.3 is 6.09 Å². The number of nitrogens with one attached hydrogen (secondary N) is 2. The molecule has 21 heavy (non-hydrogen) atoms. The minimum atomic E-state index is -0.518. The Balaban J connectivity index is 4.08. The molecule has 0 atom stereocenters. The first-order valence-electron chi connectivity index (χ1n) is 6.67. The van der Waals surface area contributed by atoms with Crippen LogP contribution < -0.4 is 5.32 Å². The van der Waals surface area contributed by atoms with Gasteiger partial charge in [0.2, 0.25) is 0 Å². The van der Waals surface area contributed by atoms with Crippen LogP contribution in [0.5, 0.6) is 0 Å². The molecule has 1 amide bonds. The Morgan fingerprint density at radius 3 is 2.71 bits per heavy atom. The quantitative estimate of drug-likeness (QED) is 0.361. The van der Waals surface area contributed by atoms with E-state index in [0.29, 0.717) is 17.8 Å². The number of hydrogen-bond donors (Lipinski definition) is 2. The lowest BCUT2D eigenvalue weighted by Crippen LogP contribution is -2.32. The number of rotatable bonds is 4. The third-order valence-electron chi connectivity index (χ3n) is 1.92. The predicted molar refractivity (Wildman–Crippen MR) is 86.8 cm³/mol. The number of carbonyl (C=O) groups excluding carboxylic acids is 1. The van der Waals surface area contributed by atoms with Crippen molar-refractivity contribution in [1.82, 2.24) is 5.32 Å². The predicted octanol–water partition coefficient (Wildman–Crippen LogP) is 3.08. The van der Waals surface area contributed by atoms with E-state index in [-0.39, 0.29) is 6.54 Å². The van der Waals surface area contributed by atoms with E-state index in [9.17, 15) is 4.79 Å². The standard InChI is InChI=1S/C16H23N3O2/c1-6-14(17)18-11-7-9-13(2)10-8-12-19-15(20)21-16(3,4)5/h7,9,11,17H,2,6,12H2,1,3-5H3,(H,19,20)/b9-7-,17-14?,18-11-. The third-order valence-corrected chi connectivity index (χ3v) is 1.92. The minimum absolute atomic E-state index is 0.191. The third kappa shape index (κ3) is 12.4. The Morgan fingerprint density at radius 2 is 2.14 bits per heavy atom. The van der Waals surface area contributed by atoms with E-state index in [1.54, 1.807) is 32.9 Å². The Kier molecular flexibility index (Phi) is 8.47. The molecule has 0 aromatic heterocycles. The molecule has 0 aromatic rings. The summed E-state index contributed by atoms with van der Waals surface area (Å²) in [5.41, 5.74) is 0.0746. The second kappa shape index (κ2) is 9.54. The van der Waals surface area contributed by atoms with Crippen LogP contribution in [0.1, 0.15) is 34.1 Å². The van der Waals surface area contributed by atoms with Gasteiger partial charge < -0.3 is 10.1 Å². The molecule has 0 aliphatic rings. The van der Waals surface area contributed by atoms with Crippen molar-refractivity contribution < 1.29 is 9.53 Å². The number of allylic oxidation sites excluding steroid dienone is 3. The fraction of sp³-hybridized carbons (Fsp3) is 0.438. The van der Waals surface area contributed by atoms with Gasteiger partial charge in [-0.1, -0.05) is 25.3 Å². The van der Waals surface area contributed by atoms with Gasteiger partial charge in [-0.15, -0.1) is 0 Å². The van der Waals surface area contributed by atoms with Gasteiger partial charge in [-0.25, -0.2) is 9.79 Å². The highest BCUT2D eigenvalue weighted by Crippen LogP contribution is 2.05. The molecule has 5 nitrogen and oxygen atoms in total. The summed E-state index contributed by atoms with van der Waals surface area (Å²) in [4.78, 5) is 15.2. The number of amidine groups is 1. The fourth-order valence-electron chi connectivity index (χ4n) is 1.01. The zero-order valence-electron chi connectivity index (χ0n) is 13.1. The summed E-state index contributed by atoms with van der Waals surface area (Å²) in [6, 6.07) is 0. The summed E-state index contributed by atoms with van der Waals surface area (Å²) >= 11 is 0. The average Bonchev–Trinajstić information content (AvgIpc) is 2.37. The summed E-state index contributed by atoms with van der Waals surface area (Å²) in [6.45, 7) is 11.2. The minimum Gasteiger partial charge on any atom is -0.444 e. The van der Waals surface area contributed by atoms with E-state index in [1.807, 2.05) is 6.92 Å². The first-order chi connectivity index (χ1) is 9.74. The van der Waals surface area contributed by atoms with Crippen molar-refractivity contribution >= 4 is 18.1 Å². The topological polar surface area (TPSA) is 74.5 Å². The highest BCUT2D eigenvalue weighted by molar-refractivity contribution is 5.90. The SMILES string of the molecule is C=C(C#CCNC(=O)OC(C)(C)C)/C=C\C=N/C(=N)CC. The van der Waals surface area contributed by atoms with E-state index in [4.69, 9.17) is 10.1 Å². The van der Waals surface area contributed by atoms with Gasteiger partial charge in [0.15, 0.2) is 0 Å². The lowest BCUT2D eigenvalue weighted by molar-refractivity contribution is 0.0535. The van der Waals surface area contributed by atoms with Crippen LogP contribution in [0.2, 0.25) is 0 Å². The molecule has 0 saturated heterocycles. The molecule has 0 radical (unpaired) electrons. The zero-order valence-corrected chi connectivity index (χ0v) is 13.1. The largest absolute Gasteiger partial charge is 0.444 e. The molecule has 0 unspecified atom stereocenters. The van der Waals surface area contributed by atoms with Gasteiger partial charge in [-0.3, -0.25) is 5.41 Å². The molecule has 5 heteroatoms. The molecule has 2 N–H and O–H groups in total. The van der Waals surface area contributed by atoms with Crippen LogP contribution in [0.15, 0.2) is 29.3 Å². The van der Waals surface area contributed by atoms with Crippen molar-refractivity contribution in [3.63, 3.8) is 0 Å². The van der Waals surface area contributed by atoms with Crippen LogP contribution in [0.3, 0.4) is 0 Å². The van der Waals surface area contributed by atoms with Crippen LogP contribution in [0.4, 0.5) is 4.79 Å². The van der Waals surface area contributed by atoms with Crippen LogP contribution in [-0.4, -0.2) is 30.3 Å². The van der Waals surface area contributed by atoms with Gasteiger partial charge in [0.1, 0.15) is 11.4 Å². The van der Waals surface area contributed by atoms with E-state index < -0.39 is 11.7 Å². The van der Waals surface area contributed by atoms with Gasteiger partial charge in [0, 0.05) is 18.2 Å². The highest BCUT2D eigenvalue weighted by Gasteiger charge is 2.14. The lowest BCUT2D eigenvalue weighted by atomic mass is 10.2. The van der Waals surface area contributed by atoms with Crippen molar-refractivity contribution in [2.45, 2.75) is 39.7 Å². The monoisotopic (exact) mass is 289 g/mol. The summed E-state index contributed by atoms with van der Waals surface area (Å²) < 4.78 is 5.07.